The lowest BCUT2D eigenvalue weighted by Crippen LogP contribution is -2.19. The second-order valence-electron chi connectivity index (χ2n) is 10.6. The molecule has 0 spiro atoms. The highest BCUT2D eigenvalue weighted by Gasteiger charge is 2.41. The van der Waals surface area contributed by atoms with Crippen LogP contribution in [0.15, 0.2) is 48.7 Å². The first-order valence-electron chi connectivity index (χ1n) is 13.2. The third-order valence-electron chi connectivity index (χ3n) is 7.99. The summed E-state index contributed by atoms with van der Waals surface area (Å²) in [5, 5.41) is 6.41. The molecule has 3 aliphatic rings. The van der Waals surface area contributed by atoms with Gasteiger partial charge in [-0.1, -0.05) is 42.5 Å². The molecule has 37 heavy (non-hydrogen) atoms. The van der Waals surface area contributed by atoms with Crippen LogP contribution in [0.4, 0.5) is 8.78 Å². The van der Waals surface area contributed by atoms with Gasteiger partial charge in [0.05, 0.1) is 36.2 Å². The summed E-state index contributed by atoms with van der Waals surface area (Å²) in [6.45, 7) is 0.760. The summed E-state index contributed by atoms with van der Waals surface area (Å²) in [6.07, 6.45) is 7.00. The number of benzene rings is 2. The van der Waals surface area contributed by atoms with Gasteiger partial charge in [-0.2, -0.15) is 0 Å². The number of hydrogen-bond acceptors (Lipinski definition) is 4. The minimum Gasteiger partial charge on any atom is -0.344 e. The van der Waals surface area contributed by atoms with Crippen LogP contribution in [0.3, 0.4) is 0 Å². The molecule has 4 aromatic rings. The number of aryl methyl sites for hydroxylation is 2. The summed E-state index contributed by atoms with van der Waals surface area (Å²) in [5.74, 6) is -1.04. The Kier molecular flexibility index (Phi) is 5.48. The van der Waals surface area contributed by atoms with Gasteiger partial charge in [-0.3, -0.25) is 0 Å². The zero-order valence-electron chi connectivity index (χ0n) is 20.6. The van der Waals surface area contributed by atoms with Crippen molar-refractivity contribution in [3.8, 4) is 33.6 Å². The molecule has 0 saturated carbocycles. The third kappa shape index (κ3) is 4.28. The molecule has 2 aromatic carbocycles. The Labute approximate surface area is 214 Å². The van der Waals surface area contributed by atoms with Gasteiger partial charge in [0.2, 0.25) is 0 Å². The molecule has 0 bridgehead atoms. The molecule has 2 atom stereocenters. The lowest BCUT2D eigenvalue weighted by Gasteiger charge is -2.10. The molecular formula is C29H30F2N6. The number of fused-ring (bicyclic) bond motifs is 3. The van der Waals surface area contributed by atoms with Crippen molar-refractivity contribution in [2.45, 2.75) is 56.5 Å². The summed E-state index contributed by atoms with van der Waals surface area (Å²) in [7, 11) is 0. The van der Waals surface area contributed by atoms with Gasteiger partial charge in [0.15, 0.2) is 0 Å². The molecule has 2 aromatic heterocycles. The molecule has 4 N–H and O–H groups in total. The molecule has 8 heteroatoms. The van der Waals surface area contributed by atoms with E-state index < -0.39 is 12.0 Å². The first-order chi connectivity index (χ1) is 18.0. The highest BCUT2D eigenvalue weighted by molar-refractivity contribution is 5.75. The van der Waals surface area contributed by atoms with Crippen molar-refractivity contribution in [3.63, 3.8) is 0 Å². The van der Waals surface area contributed by atoms with Crippen LogP contribution in [0.2, 0.25) is 0 Å². The Bertz CT molecular complexity index is 1430. The van der Waals surface area contributed by atoms with Gasteiger partial charge < -0.3 is 20.6 Å². The van der Waals surface area contributed by atoms with Crippen LogP contribution in [0.5, 0.6) is 0 Å². The first-order valence-corrected chi connectivity index (χ1v) is 13.2. The van der Waals surface area contributed by atoms with E-state index in [4.69, 9.17) is 4.98 Å². The van der Waals surface area contributed by atoms with Gasteiger partial charge in [-0.05, 0) is 60.9 Å². The predicted octanol–water partition coefficient (Wildman–Crippen LogP) is 5.72. The van der Waals surface area contributed by atoms with Crippen molar-refractivity contribution < 1.29 is 8.78 Å². The summed E-state index contributed by atoms with van der Waals surface area (Å²) in [6, 6.07) is 15.0. The van der Waals surface area contributed by atoms with E-state index in [9.17, 15) is 8.78 Å². The maximum absolute atomic E-state index is 13.6. The monoisotopic (exact) mass is 500 g/mol. The van der Waals surface area contributed by atoms with E-state index in [1.807, 2.05) is 0 Å². The fourth-order valence-electron chi connectivity index (χ4n) is 5.99. The molecule has 0 amide bonds. The van der Waals surface area contributed by atoms with Crippen LogP contribution < -0.4 is 10.6 Å². The number of H-pyrrole nitrogens is 2. The maximum atomic E-state index is 13.6. The van der Waals surface area contributed by atoms with Gasteiger partial charge in [-0.25, -0.2) is 18.7 Å². The number of nitrogens with one attached hydrogen (secondary N) is 4. The van der Waals surface area contributed by atoms with E-state index in [0.717, 1.165) is 60.6 Å². The zero-order valence-corrected chi connectivity index (χ0v) is 20.6. The van der Waals surface area contributed by atoms with Crippen LogP contribution >= 0.6 is 0 Å². The van der Waals surface area contributed by atoms with Crippen LogP contribution in [-0.4, -0.2) is 38.9 Å². The Morgan fingerprint density at radius 3 is 2.46 bits per heavy atom. The maximum Gasteiger partial charge on any atom is 0.262 e. The Hall–Kier alpha value is -3.36. The van der Waals surface area contributed by atoms with Gasteiger partial charge in [0, 0.05) is 17.7 Å². The standard InChI is InChI=1S/C29H30F2N6/c30-29(31)14-24(34-16-29)27-33-15-25(36-27)18-8-6-17(7-9-18)19-10-11-21-20(13-19)3-1-4-22-26(21)37-28(35-22)23-5-2-12-32-23/h6-11,13,15,23-24,32,34H,1-5,12,14,16H2,(H,33,36)(H,35,37)/t23-,24-/m0/s1. The van der Waals surface area contributed by atoms with E-state index in [0.29, 0.717) is 11.9 Å². The van der Waals surface area contributed by atoms with Crippen molar-refractivity contribution in [1.82, 2.24) is 30.6 Å². The van der Waals surface area contributed by atoms with Gasteiger partial charge in [0.1, 0.15) is 11.6 Å². The van der Waals surface area contributed by atoms with Gasteiger partial charge >= 0.3 is 0 Å². The molecule has 2 saturated heterocycles. The average Bonchev–Trinajstić information content (AvgIpc) is 3.70. The molecule has 2 fully saturated rings. The second kappa shape index (κ2) is 8.89. The van der Waals surface area contributed by atoms with Gasteiger partial charge in [-0.15, -0.1) is 0 Å². The molecule has 7 rings (SSSR count). The normalized spacial score (nSPS) is 22.5. The minimum absolute atomic E-state index is 0.226. The molecule has 6 nitrogen and oxygen atoms in total. The Morgan fingerprint density at radius 1 is 0.838 bits per heavy atom. The number of alkyl halides is 2. The van der Waals surface area contributed by atoms with Crippen molar-refractivity contribution >= 4 is 0 Å². The van der Waals surface area contributed by atoms with Crippen LogP contribution in [0.25, 0.3) is 33.6 Å². The summed E-state index contributed by atoms with van der Waals surface area (Å²) in [4.78, 5) is 16.3. The number of rotatable bonds is 4. The molecule has 0 unspecified atom stereocenters. The van der Waals surface area contributed by atoms with Crippen molar-refractivity contribution in [2.75, 3.05) is 13.1 Å². The quantitative estimate of drug-likeness (QED) is 0.289. The van der Waals surface area contributed by atoms with E-state index in [1.165, 1.54) is 28.8 Å². The Balaban J connectivity index is 1.13. The number of hydrogen-bond donors (Lipinski definition) is 4. The van der Waals surface area contributed by atoms with Crippen LogP contribution in [0.1, 0.15) is 60.7 Å². The number of imidazole rings is 2. The number of aromatic amines is 2. The topological polar surface area (TPSA) is 81.4 Å². The van der Waals surface area contributed by atoms with Crippen molar-refractivity contribution in [3.05, 3.63) is 71.6 Å². The molecule has 1 aliphatic carbocycles. The van der Waals surface area contributed by atoms with Crippen molar-refractivity contribution in [1.29, 1.82) is 0 Å². The SMILES string of the molecule is FC1(F)CN[C@H](c2ncc(-c3ccc(-c4ccc5c(c4)CCCc4[nH]c([C@@H]6CCCN6)nc4-5)cc3)[nH]2)C1. The summed E-state index contributed by atoms with van der Waals surface area (Å²) in [5.41, 5.74) is 9.10. The largest absolute Gasteiger partial charge is 0.344 e. The van der Waals surface area contributed by atoms with Gasteiger partial charge in [0.25, 0.3) is 5.92 Å². The fraction of sp³-hybridized carbons (Fsp3) is 0.379. The smallest absolute Gasteiger partial charge is 0.262 e. The second-order valence-corrected chi connectivity index (χ2v) is 10.6. The molecule has 2 aliphatic heterocycles. The lowest BCUT2D eigenvalue weighted by molar-refractivity contribution is 0.0208. The minimum atomic E-state index is -2.68. The molecular weight excluding hydrogens is 470 g/mol. The number of aromatic nitrogens is 4. The lowest BCUT2D eigenvalue weighted by atomic mass is 9.95. The molecule has 190 valence electrons. The highest BCUT2D eigenvalue weighted by atomic mass is 19.3. The van der Waals surface area contributed by atoms with E-state index in [-0.39, 0.29) is 13.0 Å². The van der Waals surface area contributed by atoms with E-state index in [1.54, 1.807) is 6.20 Å². The van der Waals surface area contributed by atoms with Crippen LogP contribution in [-0.2, 0) is 12.8 Å². The average molecular weight is 501 g/mol. The summed E-state index contributed by atoms with van der Waals surface area (Å²) < 4.78 is 27.1. The predicted molar refractivity (Wildman–Crippen MR) is 139 cm³/mol. The third-order valence-corrected chi connectivity index (χ3v) is 7.99. The number of nitrogens with zero attached hydrogens (tertiary/aromatic N) is 2. The Morgan fingerprint density at radius 2 is 1.68 bits per heavy atom. The summed E-state index contributed by atoms with van der Waals surface area (Å²) >= 11 is 0. The van der Waals surface area contributed by atoms with Crippen LogP contribution in [0, 0.1) is 0 Å². The molecule has 0 radical (unpaired) electrons. The van der Waals surface area contributed by atoms with E-state index >= 15 is 0 Å². The van der Waals surface area contributed by atoms with Crippen molar-refractivity contribution in [2.24, 2.45) is 0 Å². The zero-order chi connectivity index (χ0) is 25.0. The number of halogens is 2. The fourth-order valence-corrected chi connectivity index (χ4v) is 5.99. The first kappa shape index (κ1) is 22.8. The molecule has 4 heterocycles. The van der Waals surface area contributed by atoms with E-state index in [2.05, 4.69) is 68.1 Å². The highest BCUT2D eigenvalue weighted by Crippen LogP contribution is 2.37.